The maximum atomic E-state index is 12.2. The van der Waals surface area contributed by atoms with Gasteiger partial charge in [-0.2, -0.15) is 0 Å². The molecule has 0 fully saturated rings. The Morgan fingerprint density at radius 3 is 2.74 bits per heavy atom. The SMILES string of the molecule is CCn1c(SCC(=O)NCc2ccccc2C)nnc1-c1cccc(Cl)c1. The van der Waals surface area contributed by atoms with E-state index >= 15 is 0 Å². The van der Waals surface area contributed by atoms with Gasteiger partial charge in [-0.25, -0.2) is 0 Å². The number of amides is 1. The van der Waals surface area contributed by atoms with Gasteiger partial charge in [0.15, 0.2) is 11.0 Å². The van der Waals surface area contributed by atoms with Gasteiger partial charge in [0, 0.05) is 23.7 Å². The van der Waals surface area contributed by atoms with E-state index in [0.717, 1.165) is 22.1 Å². The van der Waals surface area contributed by atoms with Crippen molar-refractivity contribution in [1.29, 1.82) is 0 Å². The number of aromatic nitrogens is 3. The molecular weight excluding hydrogens is 380 g/mol. The van der Waals surface area contributed by atoms with E-state index in [0.29, 0.717) is 23.9 Å². The summed E-state index contributed by atoms with van der Waals surface area (Å²) in [6, 6.07) is 15.6. The van der Waals surface area contributed by atoms with Gasteiger partial charge in [-0.1, -0.05) is 59.8 Å². The average Bonchev–Trinajstić information content (AvgIpc) is 3.08. The number of carbonyl (C=O) groups excluding carboxylic acids is 1. The minimum Gasteiger partial charge on any atom is -0.351 e. The zero-order chi connectivity index (χ0) is 19.2. The van der Waals surface area contributed by atoms with Crippen molar-refractivity contribution in [2.75, 3.05) is 5.75 Å². The van der Waals surface area contributed by atoms with Crippen LogP contribution >= 0.6 is 23.4 Å². The summed E-state index contributed by atoms with van der Waals surface area (Å²) in [6.45, 7) is 5.30. The number of thioether (sulfide) groups is 1. The van der Waals surface area contributed by atoms with E-state index in [1.165, 1.54) is 17.3 Å². The van der Waals surface area contributed by atoms with E-state index in [1.807, 2.05) is 66.9 Å². The van der Waals surface area contributed by atoms with E-state index in [-0.39, 0.29) is 5.91 Å². The molecule has 0 atom stereocenters. The molecule has 0 aliphatic heterocycles. The largest absolute Gasteiger partial charge is 0.351 e. The Morgan fingerprint density at radius 2 is 2.00 bits per heavy atom. The van der Waals surface area contributed by atoms with Crippen molar-refractivity contribution >= 4 is 29.3 Å². The Bertz CT molecular complexity index is 941. The number of benzene rings is 2. The number of nitrogens with one attached hydrogen (secondary N) is 1. The molecule has 1 aromatic heterocycles. The second-order valence-corrected chi connectivity index (χ2v) is 7.43. The average molecular weight is 401 g/mol. The molecule has 0 radical (unpaired) electrons. The summed E-state index contributed by atoms with van der Waals surface area (Å²) in [7, 11) is 0. The molecule has 0 spiro atoms. The van der Waals surface area contributed by atoms with Gasteiger partial charge in [-0.05, 0) is 37.1 Å². The van der Waals surface area contributed by atoms with E-state index in [4.69, 9.17) is 11.6 Å². The van der Waals surface area contributed by atoms with Crippen molar-refractivity contribution in [3.63, 3.8) is 0 Å². The molecule has 0 saturated carbocycles. The quantitative estimate of drug-likeness (QED) is 0.599. The molecule has 2 aromatic carbocycles. The van der Waals surface area contributed by atoms with Gasteiger partial charge < -0.3 is 9.88 Å². The van der Waals surface area contributed by atoms with Crippen LogP contribution in [0.1, 0.15) is 18.1 Å². The van der Waals surface area contributed by atoms with Crippen LogP contribution in [0, 0.1) is 6.92 Å². The lowest BCUT2D eigenvalue weighted by Crippen LogP contribution is -2.25. The predicted octanol–water partition coefficient (Wildman–Crippen LogP) is 4.34. The normalized spacial score (nSPS) is 10.8. The highest BCUT2D eigenvalue weighted by Gasteiger charge is 2.15. The van der Waals surface area contributed by atoms with Crippen molar-refractivity contribution in [2.45, 2.75) is 32.1 Å². The fourth-order valence-electron chi connectivity index (χ4n) is 2.71. The minimum absolute atomic E-state index is 0.0294. The summed E-state index contributed by atoms with van der Waals surface area (Å²) < 4.78 is 1.99. The number of halogens is 1. The Hall–Kier alpha value is -2.31. The van der Waals surface area contributed by atoms with Crippen molar-refractivity contribution in [3.05, 3.63) is 64.7 Å². The molecule has 0 aliphatic carbocycles. The van der Waals surface area contributed by atoms with Gasteiger partial charge in [-0.15, -0.1) is 10.2 Å². The molecule has 3 aromatic rings. The van der Waals surface area contributed by atoms with Crippen LogP contribution in [0.15, 0.2) is 53.7 Å². The van der Waals surface area contributed by atoms with Crippen LogP contribution in [-0.4, -0.2) is 26.4 Å². The molecule has 0 unspecified atom stereocenters. The number of hydrogen-bond donors (Lipinski definition) is 1. The Labute approximate surface area is 168 Å². The Balaban J connectivity index is 1.62. The van der Waals surface area contributed by atoms with Crippen LogP contribution in [0.5, 0.6) is 0 Å². The third-order valence-electron chi connectivity index (χ3n) is 4.19. The lowest BCUT2D eigenvalue weighted by Gasteiger charge is -2.09. The van der Waals surface area contributed by atoms with Gasteiger partial charge in [-0.3, -0.25) is 4.79 Å². The predicted molar refractivity (Wildman–Crippen MR) is 110 cm³/mol. The molecule has 27 heavy (non-hydrogen) atoms. The van der Waals surface area contributed by atoms with Gasteiger partial charge in [0.25, 0.3) is 0 Å². The zero-order valence-corrected chi connectivity index (χ0v) is 16.8. The fourth-order valence-corrected chi connectivity index (χ4v) is 3.73. The van der Waals surface area contributed by atoms with Gasteiger partial charge in [0.05, 0.1) is 5.75 Å². The molecule has 0 bridgehead atoms. The Morgan fingerprint density at radius 1 is 1.19 bits per heavy atom. The first-order valence-electron chi connectivity index (χ1n) is 8.71. The first-order chi connectivity index (χ1) is 13.1. The van der Waals surface area contributed by atoms with Gasteiger partial charge in [0.2, 0.25) is 5.91 Å². The molecule has 1 heterocycles. The number of nitrogens with zero attached hydrogens (tertiary/aromatic N) is 3. The Kier molecular flexibility index (Phi) is 6.53. The summed E-state index contributed by atoms with van der Waals surface area (Å²) in [4.78, 5) is 12.2. The lowest BCUT2D eigenvalue weighted by atomic mass is 10.1. The first kappa shape index (κ1) is 19.5. The van der Waals surface area contributed by atoms with Crippen LogP contribution in [0.3, 0.4) is 0 Å². The van der Waals surface area contributed by atoms with Crippen molar-refractivity contribution < 1.29 is 4.79 Å². The molecule has 140 valence electrons. The standard InChI is InChI=1S/C20H21ClN4OS/c1-3-25-19(15-9-6-10-17(21)11-15)23-24-20(25)27-13-18(26)22-12-16-8-5-4-7-14(16)2/h4-11H,3,12-13H2,1-2H3,(H,22,26). The van der Waals surface area contributed by atoms with E-state index in [9.17, 15) is 4.79 Å². The summed E-state index contributed by atoms with van der Waals surface area (Å²) in [5.41, 5.74) is 3.20. The van der Waals surface area contributed by atoms with E-state index in [1.54, 1.807) is 0 Å². The highest BCUT2D eigenvalue weighted by atomic mass is 35.5. The van der Waals surface area contributed by atoms with Crippen molar-refractivity contribution in [3.8, 4) is 11.4 Å². The van der Waals surface area contributed by atoms with Crippen LogP contribution in [0.2, 0.25) is 5.02 Å². The topological polar surface area (TPSA) is 59.8 Å². The maximum absolute atomic E-state index is 12.2. The summed E-state index contributed by atoms with van der Waals surface area (Å²) in [5.74, 6) is 1.01. The van der Waals surface area contributed by atoms with Gasteiger partial charge in [0.1, 0.15) is 0 Å². The lowest BCUT2D eigenvalue weighted by molar-refractivity contribution is -0.118. The number of rotatable bonds is 7. The second kappa shape index (κ2) is 9.06. The maximum Gasteiger partial charge on any atom is 0.230 e. The summed E-state index contributed by atoms with van der Waals surface area (Å²) >= 11 is 7.46. The zero-order valence-electron chi connectivity index (χ0n) is 15.3. The van der Waals surface area contributed by atoms with E-state index in [2.05, 4.69) is 15.5 Å². The molecular formula is C20H21ClN4OS. The van der Waals surface area contributed by atoms with Crippen LogP contribution < -0.4 is 5.32 Å². The fraction of sp³-hybridized carbons (Fsp3) is 0.250. The third-order valence-corrected chi connectivity index (χ3v) is 5.39. The molecule has 5 nitrogen and oxygen atoms in total. The summed E-state index contributed by atoms with van der Waals surface area (Å²) in [5, 5.41) is 12.9. The molecule has 7 heteroatoms. The van der Waals surface area contributed by atoms with Crippen LogP contribution in [0.4, 0.5) is 0 Å². The van der Waals surface area contributed by atoms with Crippen LogP contribution in [-0.2, 0) is 17.9 Å². The number of aryl methyl sites for hydroxylation is 1. The third kappa shape index (κ3) is 4.90. The smallest absolute Gasteiger partial charge is 0.230 e. The molecule has 0 saturated heterocycles. The van der Waals surface area contributed by atoms with E-state index < -0.39 is 0 Å². The number of carbonyl (C=O) groups is 1. The monoisotopic (exact) mass is 400 g/mol. The second-order valence-electron chi connectivity index (χ2n) is 6.05. The van der Waals surface area contributed by atoms with Crippen molar-refractivity contribution in [2.24, 2.45) is 0 Å². The first-order valence-corrected chi connectivity index (χ1v) is 10.1. The molecule has 1 amide bonds. The highest BCUT2D eigenvalue weighted by Crippen LogP contribution is 2.25. The molecule has 1 N–H and O–H groups in total. The molecule has 0 aliphatic rings. The number of hydrogen-bond acceptors (Lipinski definition) is 4. The van der Waals surface area contributed by atoms with Crippen molar-refractivity contribution in [1.82, 2.24) is 20.1 Å². The van der Waals surface area contributed by atoms with Crippen LogP contribution in [0.25, 0.3) is 11.4 Å². The van der Waals surface area contributed by atoms with Gasteiger partial charge >= 0.3 is 0 Å². The molecule has 3 rings (SSSR count). The minimum atomic E-state index is -0.0294. The highest BCUT2D eigenvalue weighted by molar-refractivity contribution is 7.99. The summed E-state index contributed by atoms with van der Waals surface area (Å²) in [6.07, 6.45) is 0.